The van der Waals surface area contributed by atoms with Crippen LogP contribution in [-0.4, -0.2) is 45.4 Å². The Kier molecular flexibility index (Phi) is 8.59. The lowest BCUT2D eigenvalue weighted by Gasteiger charge is -2.28. The number of hydrogen-bond donors (Lipinski definition) is 0. The zero-order valence-corrected chi connectivity index (χ0v) is 12.0. The molecule has 18 heavy (non-hydrogen) atoms. The Morgan fingerprint density at radius 2 is 1.72 bits per heavy atom. The van der Waals surface area contributed by atoms with Gasteiger partial charge in [0.1, 0.15) is 0 Å². The van der Waals surface area contributed by atoms with Crippen LogP contribution in [-0.2, 0) is 18.9 Å². The summed E-state index contributed by atoms with van der Waals surface area (Å²) in [5.74, 6) is 0. The van der Waals surface area contributed by atoms with Crippen molar-refractivity contribution in [3.8, 4) is 0 Å². The SMILES string of the molecule is CCOC(CCOC1CCCC(OC)C1)OCC. The molecule has 108 valence electrons. The van der Waals surface area contributed by atoms with E-state index in [4.69, 9.17) is 18.9 Å². The molecular weight excluding hydrogens is 232 g/mol. The molecule has 0 saturated heterocycles. The minimum absolute atomic E-state index is 0.123. The van der Waals surface area contributed by atoms with Gasteiger partial charge in [0.25, 0.3) is 0 Å². The van der Waals surface area contributed by atoms with Crippen molar-refractivity contribution < 1.29 is 18.9 Å². The van der Waals surface area contributed by atoms with Crippen molar-refractivity contribution in [1.82, 2.24) is 0 Å². The molecule has 1 aliphatic carbocycles. The van der Waals surface area contributed by atoms with Crippen molar-refractivity contribution in [2.75, 3.05) is 26.9 Å². The van der Waals surface area contributed by atoms with E-state index in [0.29, 0.717) is 32.0 Å². The summed E-state index contributed by atoms with van der Waals surface area (Å²) < 4.78 is 22.3. The second-order valence-corrected chi connectivity index (χ2v) is 4.65. The van der Waals surface area contributed by atoms with Gasteiger partial charge in [0, 0.05) is 26.7 Å². The predicted molar refractivity (Wildman–Crippen MR) is 70.7 cm³/mol. The molecule has 2 atom stereocenters. The van der Waals surface area contributed by atoms with Crippen molar-refractivity contribution in [2.24, 2.45) is 0 Å². The second kappa shape index (κ2) is 9.73. The van der Waals surface area contributed by atoms with Crippen LogP contribution in [0.3, 0.4) is 0 Å². The van der Waals surface area contributed by atoms with Gasteiger partial charge in [-0.3, -0.25) is 0 Å². The molecule has 0 N–H and O–H groups in total. The van der Waals surface area contributed by atoms with Crippen LogP contribution in [0.5, 0.6) is 0 Å². The molecule has 1 fully saturated rings. The lowest BCUT2D eigenvalue weighted by atomic mass is 9.95. The van der Waals surface area contributed by atoms with Crippen molar-refractivity contribution in [1.29, 1.82) is 0 Å². The van der Waals surface area contributed by atoms with E-state index in [9.17, 15) is 0 Å². The third kappa shape index (κ3) is 6.14. The van der Waals surface area contributed by atoms with Crippen molar-refractivity contribution in [2.45, 2.75) is 64.4 Å². The Morgan fingerprint density at radius 1 is 1.06 bits per heavy atom. The molecule has 0 aromatic carbocycles. The fraction of sp³-hybridized carbons (Fsp3) is 1.00. The van der Waals surface area contributed by atoms with Crippen LogP contribution in [0, 0.1) is 0 Å². The van der Waals surface area contributed by atoms with Crippen LogP contribution in [0.4, 0.5) is 0 Å². The Labute approximate surface area is 111 Å². The van der Waals surface area contributed by atoms with Gasteiger partial charge >= 0.3 is 0 Å². The molecule has 1 aliphatic rings. The van der Waals surface area contributed by atoms with E-state index in [2.05, 4.69) is 0 Å². The first-order valence-electron chi connectivity index (χ1n) is 7.17. The molecule has 4 nitrogen and oxygen atoms in total. The molecular formula is C14H28O4. The zero-order chi connectivity index (χ0) is 13.2. The highest BCUT2D eigenvalue weighted by Gasteiger charge is 2.22. The standard InChI is InChI=1S/C14H28O4/c1-4-16-14(17-5-2)9-10-18-13-8-6-7-12(11-13)15-3/h12-14H,4-11H2,1-3H3. The minimum Gasteiger partial charge on any atom is -0.381 e. The number of hydrogen-bond acceptors (Lipinski definition) is 4. The first-order valence-corrected chi connectivity index (χ1v) is 7.17. The molecule has 1 saturated carbocycles. The smallest absolute Gasteiger partial charge is 0.159 e. The normalized spacial score (nSPS) is 24.7. The van der Waals surface area contributed by atoms with Crippen molar-refractivity contribution >= 4 is 0 Å². The van der Waals surface area contributed by atoms with Gasteiger partial charge in [-0.15, -0.1) is 0 Å². The lowest BCUT2D eigenvalue weighted by molar-refractivity contribution is -0.151. The first kappa shape index (κ1) is 15.9. The molecule has 0 aromatic heterocycles. The van der Waals surface area contributed by atoms with Crippen molar-refractivity contribution in [3.63, 3.8) is 0 Å². The summed E-state index contributed by atoms with van der Waals surface area (Å²) in [6.45, 7) is 6.03. The van der Waals surface area contributed by atoms with E-state index < -0.39 is 0 Å². The van der Waals surface area contributed by atoms with E-state index in [1.807, 2.05) is 13.8 Å². The average molecular weight is 260 g/mol. The molecule has 0 aromatic rings. The largest absolute Gasteiger partial charge is 0.381 e. The average Bonchev–Trinajstić information content (AvgIpc) is 2.39. The number of methoxy groups -OCH3 is 1. The van der Waals surface area contributed by atoms with Crippen LogP contribution in [0.2, 0.25) is 0 Å². The zero-order valence-electron chi connectivity index (χ0n) is 12.0. The van der Waals surface area contributed by atoms with Crippen LogP contribution in [0.25, 0.3) is 0 Å². The summed E-state index contributed by atoms with van der Waals surface area (Å²) in [6, 6.07) is 0. The van der Waals surface area contributed by atoms with Gasteiger partial charge in [0.05, 0.1) is 18.8 Å². The van der Waals surface area contributed by atoms with Crippen molar-refractivity contribution in [3.05, 3.63) is 0 Å². The second-order valence-electron chi connectivity index (χ2n) is 4.65. The summed E-state index contributed by atoms with van der Waals surface area (Å²) in [6.07, 6.45) is 5.92. The maximum absolute atomic E-state index is 5.90. The summed E-state index contributed by atoms with van der Waals surface area (Å²) >= 11 is 0. The summed E-state index contributed by atoms with van der Waals surface area (Å²) in [4.78, 5) is 0. The van der Waals surface area contributed by atoms with Crippen LogP contribution >= 0.6 is 0 Å². The highest BCUT2D eigenvalue weighted by molar-refractivity contribution is 4.73. The maximum Gasteiger partial charge on any atom is 0.159 e. The van der Waals surface area contributed by atoms with Gasteiger partial charge in [0.2, 0.25) is 0 Å². The Bertz CT molecular complexity index is 192. The first-order chi connectivity index (χ1) is 8.80. The molecule has 0 aliphatic heterocycles. The van der Waals surface area contributed by atoms with Gasteiger partial charge in [-0.1, -0.05) is 0 Å². The molecule has 0 amide bonds. The van der Waals surface area contributed by atoms with Gasteiger partial charge in [-0.25, -0.2) is 0 Å². The Morgan fingerprint density at radius 3 is 2.33 bits per heavy atom. The summed E-state index contributed by atoms with van der Waals surface area (Å²) in [5.41, 5.74) is 0. The third-order valence-electron chi connectivity index (χ3n) is 3.32. The van der Waals surface area contributed by atoms with E-state index in [1.165, 1.54) is 6.42 Å². The Hall–Kier alpha value is -0.160. The lowest BCUT2D eigenvalue weighted by Crippen LogP contribution is -2.29. The number of rotatable bonds is 9. The summed E-state index contributed by atoms with van der Waals surface area (Å²) in [5, 5.41) is 0. The topological polar surface area (TPSA) is 36.9 Å². The molecule has 0 bridgehead atoms. The molecule has 2 unspecified atom stereocenters. The third-order valence-corrected chi connectivity index (χ3v) is 3.32. The molecule has 0 spiro atoms. The van der Waals surface area contributed by atoms with Gasteiger partial charge in [-0.05, 0) is 39.5 Å². The van der Waals surface area contributed by atoms with Gasteiger partial charge in [-0.2, -0.15) is 0 Å². The van der Waals surface area contributed by atoms with E-state index in [1.54, 1.807) is 7.11 Å². The van der Waals surface area contributed by atoms with Crippen LogP contribution in [0.1, 0.15) is 46.0 Å². The molecule has 0 radical (unpaired) electrons. The van der Waals surface area contributed by atoms with E-state index in [-0.39, 0.29) is 6.29 Å². The summed E-state index contributed by atoms with van der Waals surface area (Å²) in [7, 11) is 1.78. The molecule has 0 heterocycles. The maximum atomic E-state index is 5.90. The Balaban J connectivity index is 2.15. The van der Waals surface area contributed by atoms with Gasteiger partial charge < -0.3 is 18.9 Å². The monoisotopic (exact) mass is 260 g/mol. The minimum atomic E-state index is -0.123. The predicted octanol–water partition coefficient (Wildman–Crippen LogP) is 2.75. The molecule has 1 rings (SSSR count). The van der Waals surface area contributed by atoms with E-state index in [0.717, 1.165) is 25.7 Å². The molecule has 4 heteroatoms. The van der Waals surface area contributed by atoms with E-state index >= 15 is 0 Å². The van der Waals surface area contributed by atoms with Gasteiger partial charge in [0.15, 0.2) is 6.29 Å². The fourth-order valence-corrected chi connectivity index (χ4v) is 2.39. The highest BCUT2D eigenvalue weighted by Crippen LogP contribution is 2.23. The van der Waals surface area contributed by atoms with Crippen LogP contribution < -0.4 is 0 Å². The fourth-order valence-electron chi connectivity index (χ4n) is 2.39. The quantitative estimate of drug-likeness (QED) is 0.597. The van der Waals surface area contributed by atoms with Crippen LogP contribution in [0.15, 0.2) is 0 Å². The highest BCUT2D eigenvalue weighted by atomic mass is 16.7. The number of ether oxygens (including phenoxy) is 4.